The van der Waals surface area contributed by atoms with Crippen LogP contribution in [0.2, 0.25) is 0 Å². The Bertz CT molecular complexity index is 376. The Morgan fingerprint density at radius 3 is 3.07 bits per heavy atom. The molecule has 4 nitrogen and oxygen atoms in total. The highest BCUT2D eigenvalue weighted by molar-refractivity contribution is 5.80. The molecule has 0 aromatic heterocycles. The number of ether oxygens (including phenoxy) is 2. The molecule has 1 unspecified atom stereocenters. The molecule has 0 aliphatic carbocycles. The molecule has 4 heteroatoms. The van der Waals surface area contributed by atoms with Gasteiger partial charge in [0, 0.05) is 12.5 Å². The zero-order chi connectivity index (χ0) is 10.1. The average Bonchev–Trinajstić information content (AvgIpc) is 2.59. The van der Waals surface area contributed by atoms with Gasteiger partial charge < -0.3 is 15.2 Å². The molecule has 74 valence electrons. The summed E-state index contributed by atoms with van der Waals surface area (Å²) in [6.07, 6.45) is 0.0198. The van der Waals surface area contributed by atoms with E-state index in [-0.39, 0.29) is 0 Å². The highest BCUT2D eigenvalue weighted by Crippen LogP contribution is 2.32. The SMILES string of the molecule is COc1ccc2c(c1)OC(C(N)=O)C2. The molecule has 0 radical (unpaired) electrons. The number of fused-ring (bicyclic) bond motifs is 1. The van der Waals surface area contributed by atoms with Crippen LogP contribution in [0.5, 0.6) is 11.5 Å². The standard InChI is InChI=1S/C10H11NO3/c1-13-7-3-2-6-4-9(10(11)12)14-8(6)5-7/h2-3,5,9H,4H2,1H3,(H2,11,12). The lowest BCUT2D eigenvalue weighted by molar-refractivity contribution is -0.123. The fourth-order valence-corrected chi connectivity index (χ4v) is 1.49. The van der Waals surface area contributed by atoms with Crippen LogP contribution in [0.1, 0.15) is 5.56 Å². The van der Waals surface area contributed by atoms with Gasteiger partial charge in [0.1, 0.15) is 11.5 Å². The Morgan fingerprint density at radius 1 is 1.64 bits per heavy atom. The van der Waals surface area contributed by atoms with E-state index < -0.39 is 12.0 Å². The summed E-state index contributed by atoms with van der Waals surface area (Å²) in [4.78, 5) is 10.9. The molecule has 1 aromatic carbocycles. The van der Waals surface area contributed by atoms with E-state index in [9.17, 15) is 4.79 Å². The second-order valence-corrected chi connectivity index (χ2v) is 3.19. The number of hydrogen-bond acceptors (Lipinski definition) is 3. The van der Waals surface area contributed by atoms with Crippen LogP contribution in [0.25, 0.3) is 0 Å². The van der Waals surface area contributed by atoms with Gasteiger partial charge >= 0.3 is 0 Å². The molecule has 2 N–H and O–H groups in total. The summed E-state index contributed by atoms with van der Waals surface area (Å²) >= 11 is 0. The van der Waals surface area contributed by atoms with Crippen molar-refractivity contribution in [3.63, 3.8) is 0 Å². The Kier molecular flexibility index (Phi) is 2.04. The van der Waals surface area contributed by atoms with Gasteiger partial charge in [0.2, 0.25) is 0 Å². The summed E-state index contributed by atoms with van der Waals surface area (Å²) in [6, 6.07) is 5.49. The van der Waals surface area contributed by atoms with Crippen molar-refractivity contribution in [2.24, 2.45) is 5.73 Å². The fraction of sp³-hybridized carbons (Fsp3) is 0.300. The first-order chi connectivity index (χ1) is 6.70. The van der Waals surface area contributed by atoms with E-state index in [1.54, 1.807) is 13.2 Å². The minimum Gasteiger partial charge on any atom is -0.497 e. The van der Waals surface area contributed by atoms with Gasteiger partial charge in [-0.2, -0.15) is 0 Å². The Morgan fingerprint density at radius 2 is 2.43 bits per heavy atom. The maximum Gasteiger partial charge on any atom is 0.258 e. The molecule has 0 saturated heterocycles. The van der Waals surface area contributed by atoms with E-state index in [1.807, 2.05) is 12.1 Å². The zero-order valence-corrected chi connectivity index (χ0v) is 7.82. The van der Waals surface area contributed by atoms with E-state index in [1.165, 1.54) is 0 Å². The lowest BCUT2D eigenvalue weighted by atomic mass is 10.1. The van der Waals surface area contributed by atoms with Crippen LogP contribution < -0.4 is 15.2 Å². The van der Waals surface area contributed by atoms with Gasteiger partial charge in [-0.25, -0.2) is 0 Å². The van der Waals surface area contributed by atoms with Crippen molar-refractivity contribution in [3.8, 4) is 11.5 Å². The molecule has 1 amide bonds. The third-order valence-electron chi connectivity index (χ3n) is 2.27. The van der Waals surface area contributed by atoms with E-state index in [0.29, 0.717) is 17.9 Å². The first kappa shape index (κ1) is 8.87. The van der Waals surface area contributed by atoms with Gasteiger partial charge in [0.05, 0.1) is 7.11 Å². The number of rotatable bonds is 2. The van der Waals surface area contributed by atoms with Crippen molar-refractivity contribution >= 4 is 5.91 Å². The van der Waals surface area contributed by atoms with Crippen LogP contribution in [0.3, 0.4) is 0 Å². The summed E-state index contributed by atoms with van der Waals surface area (Å²) in [6.45, 7) is 0. The third-order valence-corrected chi connectivity index (χ3v) is 2.27. The van der Waals surface area contributed by atoms with Gasteiger partial charge in [-0.1, -0.05) is 6.07 Å². The zero-order valence-electron chi connectivity index (χ0n) is 7.82. The molecule has 1 heterocycles. The van der Waals surface area contributed by atoms with Crippen molar-refractivity contribution in [3.05, 3.63) is 23.8 Å². The summed E-state index contributed by atoms with van der Waals surface area (Å²) < 4.78 is 10.4. The van der Waals surface area contributed by atoms with Gasteiger partial charge in [0.25, 0.3) is 5.91 Å². The molecule has 0 bridgehead atoms. The van der Waals surface area contributed by atoms with Crippen molar-refractivity contribution in [2.45, 2.75) is 12.5 Å². The Balaban J connectivity index is 2.27. The predicted molar refractivity (Wildman–Crippen MR) is 50.3 cm³/mol. The predicted octanol–water partition coefficient (Wildman–Crippen LogP) is 0.484. The molecule has 14 heavy (non-hydrogen) atoms. The minimum atomic E-state index is -0.530. The molecule has 1 atom stereocenters. The van der Waals surface area contributed by atoms with Crippen LogP contribution in [-0.2, 0) is 11.2 Å². The Hall–Kier alpha value is -1.71. The highest BCUT2D eigenvalue weighted by atomic mass is 16.5. The summed E-state index contributed by atoms with van der Waals surface area (Å²) in [5.74, 6) is 0.974. The number of nitrogens with two attached hydrogens (primary N) is 1. The summed E-state index contributed by atoms with van der Waals surface area (Å²) in [5.41, 5.74) is 6.15. The van der Waals surface area contributed by atoms with Gasteiger partial charge in [-0.3, -0.25) is 4.79 Å². The first-order valence-corrected chi connectivity index (χ1v) is 4.33. The third kappa shape index (κ3) is 1.39. The largest absolute Gasteiger partial charge is 0.497 e. The van der Waals surface area contributed by atoms with Crippen LogP contribution >= 0.6 is 0 Å². The molecule has 0 spiro atoms. The van der Waals surface area contributed by atoms with Crippen LogP contribution in [0, 0.1) is 0 Å². The monoisotopic (exact) mass is 193 g/mol. The number of methoxy groups -OCH3 is 1. The smallest absolute Gasteiger partial charge is 0.258 e. The van der Waals surface area contributed by atoms with Crippen LogP contribution in [0.15, 0.2) is 18.2 Å². The molecular formula is C10H11NO3. The number of primary amides is 1. The number of amides is 1. The lowest BCUT2D eigenvalue weighted by Gasteiger charge is -2.05. The second kappa shape index (κ2) is 3.21. The Labute approximate surface area is 81.6 Å². The normalized spacial score (nSPS) is 18.5. The summed E-state index contributed by atoms with van der Waals surface area (Å²) in [5, 5.41) is 0. The van der Waals surface area contributed by atoms with E-state index in [0.717, 1.165) is 5.56 Å². The van der Waals surface area contributed by atoms with Crippen molar-refractivity contribution in [2.75, 3.05) is 7.11 Å². The molecule has 2 rings (SSSR count). The van der Waals surface area contributed by atoms with Gasteiger partial charge in [-0.05, 0) is 11.6 Å². The molecule has 1 aliphatic rings. The fourth-order valence-electron chi connectivity index (χ4n) is 1.49. The van der Waals surface area contributed by atoms with E-state index in [4.69, 9.17) is 15.2 Å². The molecule has 0 fully saturated rings. The first-order valence-electron chi connectivity index (χ1n) is 4.33. The highest BCUT2D eigenvalue weighted by Gasteiger charge is 2.27. The lowest BCUT2D eigenvalue weighted by Crippen LogP contribution is -2.31. The van der Waals surface area contributed by atoms with Gasteiger partial charge in [0.15, 0.2) is 6.10 Å². The number of carbonyl (C=O) groups excluding carboxylic acids is 1. The maximum atomic E-state index is 10.9. The van der Waals surface area contributed by atoms with Crippen LogP contribution in [0.4, 0.5) is 0 Å². The number of carbonyl (C=O) groups is 1. The molecular weight excluding hydrogens is 182 g/mol. The number of benzene rings is 1. The maximum absolute atomic E-state index is 10.9. The topological polar surface area (TPSA) is 61.6 Å². The van der Waals surface area contributed by atoms with Crippen molar-refractivity contribution < 1.29 is 14.3 Å². The van der Waals surface area contributed by atoms with E-state index in [2.05, 4.69) is 0 Å². The van der Waals surface area contributed by atoms with Crippen molar-refractivity contribution in [1.82, 2.24) is 0 Å². The number of hydrogen-bond donors (Lipinski definition) is 1. The quantitative estimate of drug-likeness (QED) is 0.743. The molecule has 1 aliphatic heterocycles. The minimum absolute atomic E-state index is 0.430. The molecule has 1 aromatic rings. The molecule has 0 saturated carbocycles. The average molecular weight is 193 g/mol. The van der Waals surface area contributed by atoms with Crippen LogP contribution in [-0.4, -0.2) is 19.1 Å². The van der Waals surface area contributed by atoms with Gasteiger partial charge in [-0.15, -0.1) is 0 Å². The second-order valence-electron chi connectivity index (χ2n) is 3.19. The van der Waals surface area contributed by atoms with E-state index >= 15 is 0 Å². The summed E-state index contributed by atoms with van der Waals surface area (Å²) in [7, 11) is 1.59. The van der Waals surface area contributed by atoms with Crippen molar-refractivity contribution in [1.29, 1.82) is 0 Å².